The molecule has 1 aromatic carbocycles. The van der Waals surface area contributed by atoms with Gasteiger partial charge in [-0.1, -0.05) is 0 Å². The van der Waals surface area contributed by atoms with Crippen LogP contribution >= 0.6 is 0 Å². The Morgan fingerprint density at radius 3 is 2.53 bits per heavy atom. The SMILES string of the molecule is N#Cc1ccc([N+](=O)[O-])c(N2CCC(C#N)CC2)c1. The second kappa shape index (κ2) is 5.36. The zero-order valence-corrected chi connectivity index (χ0v) is 10.2. The monoisotopic (exact) mass is 256 g/mol. The molecule has 0 spiro atoms. The molecule has 0 aromatic heterocycles. The fraction of sp³-hybridized carbons (Fsp3) is 0.385. The first-order chi connectivity index (χ1) is 9.15. The summed E-state index contributed by atoms with van der Waals surface area (Å²) in [6.45, 7) is 1.21. The van der Waals surface area contributed by atoms with Crippen molar-refractivity contribution in [3.63, 3.8) is 0 Å². The molecule has 1 heterocycles. The van der Waals surface area contributed by atoms with Crippen LogP contribution < -0.4 is 4.90 Å². The van der Waals surface area contributed by atoms with E-state index in [1.165, 1.54) is 12.1 Å². The van der Waals surface area contributed by atoms with Crippen LogP contribution in [0.5, 0.6) is 0 Å². The van der Waals surface area contributed by atoms with Crippen LogP contribution in [0.3, 0.4) is 0 Å². The highest BCUT2D eigenvalue weighted by Gasteiger charge is 2.24. The van der Waals surface area contributed by atoms with E-state index < -0.39 is 4.92 Å². The molecule has 0 radical (unpaired) electrons. The molecule has 96 valence electrons. The van der Waals surface area contributed by atoms with E-state index in [4.69, 9.17) is 10.5 Å². The van der Waals surface area contributed by atoms with Crippen LogP contribution in [0.25, 0.3) is 0 Å². The summed E-state index contributed by atoms with van der Waals surface area (Å²) in [5.74, 6) is 0.0226. The van der Waals surface area contributed by atoms with E-state index in [9.17, 15) is 10.1 Å². The smallest absolute Gasteiger partial charge is 0.292 e. The number of hydrogen-bond donors (Lipinski definition) is 0. The maximum absolute atomic E-state index is 11.0. The Labute approximate surface area is 110 Å². The molecule has 1 saturated heterocycles. The third-order valence-corrected chi connectivity index (χ3v) is 3.32. The van der Waals surface area contributed by atoms with Crippen LogP contribution in [0, 0.1) is 38.7 Å². The minimum atomic E-state index is -0.438. The number of nitrogens with zero attached hydrogens (tertiary/aromatic N) is 4. The molecule has 1 aromatic rings. The van der Waals surface area contributed by atoms with Gasteiger partial charge in [0.25, 0.3) is 5.69 Å². The molecule has 0 N–H and O–H groups in total. The summed E-state index contributed by atoms with van der Waals surface area (Å²) >= 11 is 0. The van der Waals surface area contributed by atoms with E-state index in [2.05, 4.69) is 6.07 Å². The van der Waals surface area contributed by atoms with Crippen molar-refractivity contribution in [3.05, 3.63) is 33.9 Å². The summed E-state index contributed by atoms with van der Waals surface area (Å²) in [5, 5.41) is 28.8. The first kappa shape index (κ1) is 12.8. The number of piperidine rings is 1. The molecule has 0 unspecified atom stereocenters. The fourth-order valence-corrected chi connectivity index (χ4v) is 2.25. The largest absolute Gasteiger partial charge is 0.366 e. The molecule has 0 saturated carbocycles. The van der Waals surface area contributed by atoms with Gasteiger partial charge in [-0.05, 0) is 25.0 Å². The topological polar surface area (TPSA) is 94.0 Å². The Bertz CT molecular complexity index is 577. The van der Waals surface area contributed by atoms with E-state index in [0.29, 0.717) is 37.2 Å². The van der Waals surface area contributed by atoms with Gasteiger partial charge >= 0.3 is 0 Å². The van der Waals surface area contributed by atoms with Gasteiger partial charge in [0.05, 0.1) is 22.6 Å². The van der Waals surface area contributed by atoms with Gasteiger partial charge in [-0.15, -0.1) is 0 Å². The minimum Gasteiger partial charge on any atom is -0.366 e. The molecule has 0 atom stereocenters. The minimum absolute atomic E-state index is 0.00871. The predicted octanol–water partition coefficient (Wildman–Crippen LogP) is 2.21. The van der Waals surface area contributed by atoms with Crippen molar-refractivity contribution >= 4 is 11.4 Å². The summed E-state index contributed by atoms with van der Waals surface area (Å²) in [7, 11) is 0. The van der Waals surface area contributed by atoms with Crippen molar-refractivity contribution in [1.29, 1.82) is 10.5 Å². The Morgan fingerprint density at radius 1 is 1.32 bits per heavy atom. The zero-order chi connectivity index (χ0) is 13.8. The van der Waals surface area contributed by atoms with E-state index in [1.807, 2.05) is 11.0 Å². The lowest BCUT2D eigenvalue weighted by Crippen LogP contribution is -2.33. The number of hydrogen-bond acceptors (Lipinski definition) is 5. The van der Waals surface area contributed by atoms with Crippen LogP contribution in [0.4, 0.5) is 11.4 Å². The molecular formula is C13H12N4O2. The average molecular weight is 256 g/mol. The summed E-state index contributed by atoms with van der Waals surface area (Å²) < 4.78 is 0. The molecule has 6 nitrogen and oxygen atoms in total. The lowest BCUT2D eigenvalue weighted by Gasteiger charge is -2.30. The molecular weight excluding hydrogens is 244 g/mol. The van der Waals surface area contributed by atoms with E-state index in [1.54, 1.807) is 6.07 Å². The van der Waals surface area contributed by atoms with Crippen LogP contribution in [0.2, 0.25) is 0 Å². The molecule has 6 heteroatoms. The number of nitriles is 2. The number of rotatable bonds is 2. The highest BCUT2D eigenvalue weighted by atomic mass is 16.6. The third-order valence-electron chi connectivity index (χ3n) is 3.32. The van der Waals surface area contributed by atoms with Gasteiger partial charge in [-0.3, -0.25) is 10.1 Å². The maximum atomic E-state index is 11.0. The highest BCUT2D eigenvalue weighted by Crippen LogP contribution is 2.32. The van der Waals surface area contributed by atoms with Crippen LogP contribution in [0.1, 0.15) is 18.4 Å². The lowest BCUT2D eigenvalue weighted by molar-refractivity contribution is -0.384. The molecule has 19 heavy (non-hydrogen) atoms. The van der Waals surface area contributed by atoms with Gasteiger partial charge in [0, 0.05) is 25.1 Å². The quantitative estimate of drug-likeness (QED) is 0.597. The van der Waals surface area contributed by atoms with Crippen LogP contribution in [0.15, 0.2) is 18.2 Å². The predicted molar refractivity (Wildman–Crippen MR) is 68.4 cm³/mol. The highest BCUT2D eigenvalue weighted by molar-refractivity contribution is 5.66. The first-order valence-electron chi connectivity index (χ1n) is 5.99. The molecule has 0 bridgehead atoms. The van der Waals surface area contributed by atoms with Gasteiger partial charge in [0.1, 0.15) is 5.69 Å². The van der Waals surface area contributed by atoms with Crippen molar-refractivity contribution in [3.8, 4) is 12.1 Å². The zero-order valence-electron chi connectivity index (χ0n) is 10.2. The molecule has 1 fully saturated rings. The molecule has 1 aliphatic rings. The summed E-state index contributed by atoms with van der Waals surface area (Å²) in [5.41, 5.74) is 0.887. The van der Waals surface area contributed by atoms with Crippen molar-refractivity contribution < 1.29 is 4.92 Å². The van der Waals surface area contributed by atoms with E-state index in [-0.39, 0.29) is 11.6 Å². The normalized spacial score (nSPS) is 15.6. The molecule has 0 aliphatic carbocycles. The second-order valence-electron chi connectivity index (χ2n) is 4.46. The standard InChI is InChI=1S/C13H12N4O2/c14-8-10-3-5-16(6-4-10)13-7-11(9-15)1-2-12(13)17(18)19/h1-2,7,10H,3-6H2. The average Bonchev–Trinajstić information content (AvgIpc) is 2.46. The van der Waals surface area contributed by atoms with Gasteiger partial charge < -0.3 is 4.90 Å². The number of anilines is 1. The number of nitro groups is 1. The van der Waals surface area contributed by atoms with Gasteiger partial charge in [0.15, 0.2) is 0 Å². The summed E-state index contributed by atoms with van der Waals surface area (Å²) in [4.78, 5) is 12.5. The molecule has 0 amide bonds. The number of benzene rings is 1. The van der Waals surface area contributed by atoms with Crippen LogP contribution in [-0.4, -0.2) is 18.0 Å². The maximum Gasteiger partial charge on any atom is 0.292 e. The Hall–Kier alpha value is -2.60. The fourth-order valence-electron chi connectivity index (χ4n) is 2.25. The van der Waals surface area contributed by atoms with Crippen molar-refractivity contribution in [1.82, 2.24) is 0 Å². The number of nitro benzene ring substituents is 1. The summed E-state index contributed by atoms with van der Waals surface area (Å²) in [6, 6.07) is 8.57. The third kappa shape index (κ3) is 2.63. The van der Waals surface area contributed by atoms with Crippen molar-refractivity contribution in [2.75, 3.05) is 18.0 Å². The van der Waals surface area contributed by atoms with E-state index in [0.717, 1.165) is 0 Å². The first-order valence-corrected chi connectivity index (χ1v) is 5.99. The second-order valence-corrected chi connectivity index (χ2v) is 4.46. The van der Waals surface area contributed by atoms with Crippen LogP contribution in [-0.2, 0) is 0 Å². The Balaban J connectivity index is 2.31. The van der Waals surface area contributed by atoms with Gasteiger partial charge in [-0.2, -0.15) is 10.5 Å². The van der Waals surface area contributed by atoms with Gasteiger partial charge in [0.2, 0.25) is 0 Å². The molecule has 2 rings (SSSR count). The lowest BCUT2D eigenvalue weighted by atomic mass is 9.98. The summed E-state index contributed by atoms with van der Waals surface area (Å²) in [6.07, 6.45) is 1.40. The van der Waals surface area contributed by atoms with Gasteiger partial charge in [-0.25, -0.2) is 0 Å². The van der Waals surface area contributed by atoms with Crippen molar-refractivity contribution in [2.45, 2.75) is 12.8 Å². The Kier molecular flexibility index (Phi) is 3.63. The Morgan fingerprint density at radius 2 is 2.00 bits per heavy atom. The molecule has 1 aliphatic heterocycles. The van der Waals surface area contributed by atoms with Crippen molar-refractivity contribution in [2.24, 2.45) is 5.92 Å². The van der Waals surface area contributed by atoms with E-state index >= 15 is 0 Å².